The number of amides is 2. The summed E-state index contributed by atoms with van der Waals surface area (Å²) >= 11 is 12.5. The molecule has 0 aliphatic carbocycles. The smallest absolute Gasteiger partial charge is 0.322 e. The van der Waals surface area contributed by atoms with Gasteiger partial charge in [-0.15, -0.1) is 0 Å². The Morgan fingerprint density at radius 1 is 1.31 bits per heavy atom. The lowest BCUT2D eigenvalue weighted by Gasteiger charge is -2.27. The minimum atomic E-state index is -0.830. The van der Waals surface area contributed by atoms with Crippen LogP contribution in [0, 0.1) is 6.92 Å². The number of anilines is 1. The zero-order valence-corrected chi connectivity index (χ0v) is 17.5. The van der Waals surface area contributed by atoms with Crippen LogP contribution in [0.4, 0.5) is 10.5 Å². The maximum atomic E-state index is 12.5. The Labute approximate surface area is 179 Å². The second kappa shape index (κ2) is 9.59. The van der Waals surface area contributed by atoms with Gasteiger partial charge in [0, 0.05) is 36.4 Å². The number of aryl methyl sites for hydroxylation is 1. The van der Waals surface area contributed by atoms with Crippen LogP contribution in [0.1, 0.15) is 23.2 Å². The number of benzene rings is 1. The number of aliphatic hydroxyl groups is 2. The SMILES string of the molecule is Cc1ccc(NC(=O)N2CC=C(c3ncc(CC(O)CO)cc3Cl)CC2)cc1Cl. The Balaban J connectivity index is 1.64. The van der Waals surface area contributed by atoms with E-state index in [0.717, 1.165) is 16.7 Å². The third-order valence-corrected chi connectivity index (χ3v) is 5.50. The summed E-state index contributed by atoms with van der Waals surface area (Å²) in [6.45, 7) is 2.59. The maximum Gasteiger partial charge on any atom is 0.322 e. The predicted molar refractivity (Wildman–Crippen MR) is 115 cm³/mol. The van der Waals surface area contributed by atoms with Crippen molar-refractivity contribution in [1.82, 2.24) is 9.88 Å². The van der Waals surface area contributed by atoms with E-state index < -0.39 is 6.10 Å². The van der Waals surface area contributed by atoms with Crippen molar-refractivity contribution in [3.63, 3.8) is 0 Å². The number of carbonyl (C=O) groups excluding carboxylic acids is 1. The van der Waals surface area contributed by atoms with E-state index in [-0.39, 0.29) is 12.6 Å². The van der Waals surface area contributed by atoms with Gasteiger partial charge >= 0.3 is 6.03 Å². The number of aliphatic hydroxyl groups excluding tert-OH is 2. The summed E-state index contributed by atoms with van der Waals surface area (Å²) in [5.74, 6) is 0. The van der Waals surface area contributed by atoms with Crippen molar-refractivity contribution < 1.29 is 15.0 Å². The molecule has 0 saturated heterocycles. The van der Waals surface area contributed by atoms with Crippen molar-refractivity contribution in [3.8, 4) is 0 Å². The number of aromatic nitrogens is 1. The lowest BCUT2D eigenvalue weighted by molar-refractivity contribution is 0.0954. The van der Waals surface area contributed by atoms with Crippen molar-refractivity contribution in [1.29, 1.82) is 0 Å². The van der Waals surface area contributed by atoms with E-state index in [2.05, 4.69) is 10.3 Å². The third-order valence-electron chi connectivity index (χ3n) is 4.80. The summed E-state index contributed by atoms with van der Waals surface area (Å²) < 4.78 is 0. The molecular formula is C21H23Cl2N3O3. The Bertz CT molecular complexity index is 933. The zero-order valence-electron chi connectivity index (χ0n) is 16.0. The van der Waals surface area contributed by atoms with Crippen LogP contribution in [0.5, 0.6) is 0 Å². The molecule has 0 radical (unpaired) electrons. The molecule has 8 heteroatoms. The van der Waals surface area contributed by atoms with Gasteiger partial charge in [-0.05, 0) is 48.2 Å². The molecule has 0 saturated carbocycles. The minimum absolute atomic E-state index is 0.187. The summed E-state index contributed by atoms with van der Waals surface area (Å²) in [5, 5.41) is 22.5. The van der Waals surface area contributed by atoms with Gasteiger partial charge in [-0.2, -0.15) is 0 Å². The topological polar surface area (TPSA) is 85.7 Å². The van der Waals surface area contributed by atoms with Crippen LogP contribution in [0.3, 0.4) is 0 Å². The van der Waals surface area contributed by atoms with Crippen LogP contribution in [0.15, 0.2) is 36.5 Å². The summed E-state index contributed by atoms with van der Waals surface area (Å²) in [5.41, 5.74) is 4.03. The van der Waals surface area contributed by atoms with Crippen molar-refractivity contribution >= 4 is 40.5 Å². The standard InChI is InChI=1S/C21H23Cl2N3O3/c1-13-2-3-16(10-18(13)22)25-21(29)26-6-4-15(5-7-26)20-19(23)9-14(11-24-20)8-17(28)12-27/h2-4,9-11,17,27-28H,5-8,12H2,1H3,(H,25,29). The number of hydrogen-bond acceptors (Lipinski definition) is 4. The zero-order chi connectivity index (χ0) is 21.0. The third kappa shape index (κ3) is 5.48. The molecule has 0 spiro atoms. The van der Waals surface area contributed by atoms with Crippen molar-refractivity contribution in [3.05, 3.63) is 63.4 Å². The van der Waals surface area contributed by atoms with Crippen molar-refractivity contribution in [2.75, 3.05) is 25.0 Å². The first-order valence-corrected chi connectivity index (χ1v) is 10.1. The molecule has 2 amide bonds. The van der Waals surface area contributed by atoms with Crippen LogP contribution in [0.25, 0.3) is 5.57 Å². The van der Waals surface area contributed by atoms with E-state index in [1.165, 1.54) is 0 Å². The highest BCUT2D eigenvalue weighted by Gasteiger charge is 2.20. The first-order chi connectivity index (χ1) is 13.9. The molecule has 1 atom stereocenters. The van der Waals surface area contributed by atoms with E-state index in [1.54, 1.807) is 23.2 Å². The average molecular weight is 436 g/mol. The molecular weight excluding hydrogens is 413 g/mol. The molecule has 1 aromatic heterocycles. The van der Waals surface area contributed by atoms with Gasteiger partial charge in [0.2, 0.25) is 0 Å². The molecule has 0 bridgehead atoms. The van der Waals surface area contributed by atoms with Crippen LogP contribution >= 0.6 is 23.2 Å². The van der Waals surface area contributed by atoms with Crippen molar-refractivity contribution in [2.24, 2.45) is 0 Å². The Morgan fingerprint density at radius 3 is 2.72 bits per heavy atom. The van der Waals surface area contributed by atoms with E-state index in [0.29, 0.717) is 47.4 Å². The fourth-order valence-corrected chi connectivity index (χ4v) is 3.59. The molecule has 154 valence electrons. The van der Waals surface area contributed by atoms with Gasteiger partial charge in [0.1, 0.15) is 0 Å². The van der Waals surface area contributed by atoms with Crippen LogP contribution in [-0.2, 0) is 6.42 Å². The van der Waals surface area contributed by atoms with Gasteiger partial charge < -0.3 is 20.4 Å². The number of halogens is 2. The molecule has 3 rings (SSSR count). The Morgan fingerprint density at radius 2 is 2.10 bits per heavy atom. The van der Waals surface area contributed by atoms with Gasteiger partial charge in [-0.1, -0.05) is 35.3 Å². The summed E-state index contributed by atoms with van der Waals surface area (Å²) in [6.07, 6.45) is 3.69. The Hall–Kier alpha value is -2.12. The molecule has 0 fully saturated rings. The molecule has 1 unspecified atom stereocenters. The highest BCUT2D eigenvalue weighted by atomic mass is 35.5. The van der Waals surface area contributed by atoms with Gasteiger partial charge in [-0.25, -0.2) is 4.79 Å². The number of nitrogens with zero attached hydrogens (tertiary/aromatic N) is 2. The summed E-state index contributed by atoms with van der Waals surface area (Å²) in [4.78, 5) is 18.6. The molecule has 1 aliphatic heterocycles. The molecule has 3 N–H and O–H groups in total. The fraction of sp³-hybridized carbons (Fsp3) is 0.333. The maximum absolute atomic E-state index is 12.5. The monoisotopic (exact) mass is 435 g/mol. The fourth-order valence-electron chi connectivity index (χ4n) is 3.10. The lowest BCUT2D eigenvalue weighted by Crippen LogP contribution is -2.38. The van der Waals surface area contributed by atoms with Crippen LogP contribution in [0.2, 0.25) is 10.0 Å². The highest BCUT2D eigenvalue weighted by Crippen LogP contribution is 2.28. The van der Waals surface area contributed by atoms with E-state index in [4.69, 9.17) is 28.3 Å². The number of urea groups is 1. The number of carbonyl (C=O) groups is 1. The minimum Gasteiger partial charge on any atom is -0.394 e. The lowest BCUT2D eigenvalue weighted by atomic mass is 10.0. The molecule has 29 heavy (non-hydrogen) atoms. The second-order valence-corrected chi connectivity index (χ2v) is 7.85. The molecule has 2 heterocycles. The quantitative estimate of drug-likeness (QED) is 0.664. The number of nitrogens with one attached hydrogen (secondary N) is 1. The van der Waals surface area contributed by atoms with Crippen LogP contribution < -0.4 is 5.32 Å². The largest absolute Gasteiger partial charge is 0.394 e. The van der Waals surface area contributed by atoms with Gasteiger partial charge in [-0.3, -0.25) is 4.98 Å². The molecule has 6 nitrogen and oxygen atoms in total. The van der Waals surface area contributed by atoms with E-state index in [1.807, 2.05) is 25.1 Å². The first kappa shape index (κ1) is 21.6. The molecule has 1 aliphatic rings. The summed E-state index contributed by atoms with van der Waals surface area (Å²) in [7, 11) is 0. The molecule has 1 aromatic carbocycles. The van der Waals surface area contributed by atoms with Crippen molar-refractivity contribution in [2.45, 2.75) is 25.9 Å². The normalized spacial score (nSPS) is 15.1. The first-order valence-electron chi connectivity index (χ1n) is 9.32. The van der Waals surface area contributed by atoms with E-state index in [9.17, 15) is 9.90 Å². The predicted octanol–water partition coefficient (Wildman–Crippen LogP) is 3.91. The van der Waals surface area contributed by atoms with Gasteiger partial charge in [0.25, 0.3) is 0 Å². The number of pyridine rings is 1. The molecule has 2 aromatic rings. The highest BCUT2D eigenvalue weighted by molar-refractivity contribution is 6.32. The average Bonchev–Trinajstić information content (AvgIpc) is 2.71. The number of rotatable bonds is 5. The second-order valence-electron chi connectivity index (χ2n) is 7.03. The summed E-state index contributed by atoms with van der Waals surface area (Å²) in [6, 6.07) is 6.99. The van der Waals surface area contributed by atoms with E-state index >= 15 is 0 Å². The van der Waals surface area contributed by atoms with Crippen LogP contribution in [-0.4, -0.2) is 51.9 Å². The Kier molecular flexibility index (Phi) is 7.14. The number of hydrogen-bond donors (Lipinski definition) is 3. The van der Waals surface area contributed by atoms with Gasteiger partial charge in [0.15, 0.2) is 0 Å². The van der Waals surface area contributed by atoms with Gasteiger partial charge in [0.05, 0.1) is 23.4 Å².